The predicted molar refractivity (Wildman–Crippen MR) is 71.5 cm³/mol. The summed E-state index contributed by atoms with van der Waals surface area (Å²) < 4.78 is 41.5. The first-order chi connectivity index (χ1) is 9.31. The molecule has 0 aromatic heterocycles. The van der Waals surface area contributed by atoms with Crippen molar-refractivity contribution in [1.29, 1.82) is 0 Å². The Hall–Kier alpha value is -1.28. The lowest BCUT2D eigenvalue weighted by atomic mass is 10.2. The van der Waals surface area contributed by atoms with E-state index in [0.29, 0.717) is 16.8 Å². The van der Waals surface area contributed by atoms with Gasteiger partial charge in [0.25, 0.3) is 5.91 Å². The maximum atomic E-state index is 11.9. The summed E-state index contributed by atoms with van der Waals surface area (Å²) in [5.41, 5.74) is 1.01. The summed E-state index contributed by atoms with van der Waals surface area (Å²) >= 11 is 3.27. The molecule has 0 aliphatic rings. The van der Waals surface area contributed by atoms with Gasteiger partial charge in [-0.2, -0.15) is 13.2 Å². The predicted octanol–water partition coefficient (Wildman–Crippen LogP) is 2.23. The van der Waals surface area contributed by atoms with Gasteiger partial charge in [0.05, 0.1) is 4.47 Å². The molecule has 0 saturated heterocycles. The van der Waals surface area contributed by atoms with Gasteiger partial charge in [0.15, 0.2) is 6.61 Å². The van der Waals surface area contributed by atoms with Crippen LogP contribution in [0.4, 0.5) is 13.2 Å². The first-order valence-corrected chi connectivity index (χ1v) is 6.50. The smallest absolute Gasteiger partial charge is 0.405 e. The van der Waals surface area contributed by atoms with Crippen molar-refractivity contribution in [3.8, 4) is 5.75 Å². The van der Waals surface area contributed by atoms with Crippen LogP contribution in [-0.2, 0) is 11.3 Å². The summed E-state index contributed by atoms with van der Waals surface area (Å²) in [4.78, 5) is 11.2. The average Bonchev–Trinajstić information content (AvgIpc) is 2.35. The summed E-state index contributed by atoms with van der Waals surface area (Å²) in [5, 5.41) is 4.71. The van der Waals surface area contributed by atoms with Gasteiger partial charge in [0.1, 0.15) is 12.3 Å². The molecule has 8 heteroatoms. The van der Waals surface area contributed by atoms with E-state index >= 15 is 0 Å². The Morgan fingerprint density at radius 2 is 2.10 bits per heavy atom. The van der Waals surface area contributed by atoms with Crippen molar-refractivity contribution in [2.24, 2.45) is 0 Å². The summed E-state index contributed by atoms with van der Waals surface area (Å²) in [5.74, 6) is -0.430. The molecule has 0 atom stereocenters. The Labute approximate surface area is 122 Å². The van der Waals surface area contributed by atoms with Gasteiger partial charge in [0.2, 0.25) is 0 Å². The van der Waals surface area contributed by atoms with E-state index in [2.05, 4.69) is 21.2 Å². The fourth-order valence-electron chi connectivity index (χ4n) is 1.37. The number of carbonyl (C=O) groups excluding carboxylic acids is 1. The quantitative estimate of drug-likeness (QED) is 0.823. The molecule has 0 fully saturated rings. The molecule has 0 unspecified atom stereocenters. The van der Waals surface area contributed by atoms with Gasteiger partial charge in [-0.05, 0) is 40.7 Å². The maximum absolute atomic E-state index is 11.9. The zero-order valence-corrected chi connectivity index (χ0v) is 12.3. The van der Waals surface area contributed by atoms with Crippen LogP contribution in [0, 0.1) is 0 Å². The number of nitrogens with one attached hydrogen (secondary N) is 2. The van der Waals surface area contributed by atoms with Gasteiger partial charge < -0.3 is 15.4 Å². The number of ether oxygens (including phenoxy) is 1. The Balaban J connectivity index is 2.47. The third kappa shape index (κ3) is 6.25. The van der Waals surface area contributed by atoms with E-state index in [1.807, 2.05) is 7.05 Å². The van der Waals surface area contributed by atoms with Crippen LogP contribution in [0.2, 0.25) is 0 Å². The highest BCUT2D eigenvalue weighted by Gasteiger charge is 2.27. The number of benzene rings is 1. The maximum Gasteiger partial charge on any atom is 0.405 e. The molecule has 0 spiro atoms. The van der Waals surface area contributed by atoms with Crippen molar-refractivity contribution in [2.45, 2.75) is 12.7 Å². The largest absolute Gasteiger partial charge is 0.483 e. The van der Waals surface area contributed by atoms with Crippen molar-refractivity contribution in [3.05, 3.63) is 28.2 Å². The minimum Gasteiger partial charge on any atom is -0.483 e. The van der Waals surface area contributed by atoms with Gasteiger partial charge in [-0.3, -0.25) is 4.79 Å². The Bertz CT molecular complexity index is 467. The molecule has 0 aliphatic carbocycles. The number of rotatable bonds is 6. The molecule has 2 N–H and O–H groups in total. The molecule has 20 heavy (non-hydrogen) atoms. The van der Waals surface area contributed by atoms with Gasteiger partial charge in [-0.15, -0.1) is 0 Å². The molecule has 1 amide bonds. The third-order valence-electron chi connectivity index (χ3n) is 2.22. The summed E-state index contributed by atoms with van der Waals surface area (Å²) in [7, 11) is 1.81. The lowest BCUT2D eigenvalue weighted by Gasteiger charge is -2.11. The Morgan fingerprint density at radius 1 is 1.40 bits per heavy atom. The second-order valence-corrected chi connectivity index (χ2v) is 4.83. The minimum atomic E-state index is -4.43. The van der Waals surface area contributed by atoms with Crippen LogP contribution in [0.15, 0.2) is 22.7 Å². The molecule has 4 nitrogen and oxygen atoms in total. The van der Waals surface area contributed by atoms with E-state index in [0.717, 1.165) is 5.56 Å². The second-order valence-electron chi connectivity index (χ2n) is 3.98. The van der Waals surface area contributed by atoms with Crippen molar-refractivity contribution < 1.29 is 22.7 Å². The highest BCUT2D eigenvalue weighted by atomic mass is 79.9. The van der Waals surface area contributed by atoms with Gasteiger partial charge in [-0.1, -0.05) is 6.07 Å². The SMILES string of the molecule is CNCc1ccc(OCC(=O)NCC(F)(F)F)c(Br)c1. The molecule has 0 bridgehead atoms. The normalized spacial score (nSPS) is 11.2. The van der Waals surface area contributed by atoms with Gasteiger partial charge in [0, 0.05) is 6.54 Å². The fourth-order valence-corrected chi connectivity index (χ4v) is 1.91. The standard InChI is InChI=1S/C12H14BrF3N2O2/c1-17-5-8-2-3-10(9(13)4-8)20-6-11(19)18-7-12(14,15)16/h2-4,17H,5-7H2,1H3,(H,18,19). The van der Waals surface area contributed by atoms with E-state index in [1.54, 1.807) is 23.5 Å². The summed E-state index contributed by atoms with van der Waals surface area (Å²) in [6.07, 6.45) is -4.43. The first kappa shape index (κ1) is 16.8. The number of hydrogen-bond acceptors (Lipinski definition) is 3. The molecule has 0 saturated carbocycles. The van der Waals surface area contributed by atoms with E-state index < -0.39 is 25.2 Å². The lowest BCUT2D eigenvalue weighted by molar-refractivity contribution is -0.139. The molecule has 1 aromatic carbocycles. The topological polar surface area (TPSA) is 50.4 Å². The van der Waals surface area contributed by atoms with Crippen molar-refractivity contribution in [2.75, 3.05) is 20.2 Å². The van der Waals surface area contributed by atoms with Gasteiger partial charge in [-0.25, -0.2) is 0 Å². The van der Waals surface area contributed by atoms with Gasteiger partial charge >= 0.3 is 6.18 Å². The van der Waals surface area contributed by atoms with E-state index in [4.69, 9.17) is 4.74 Å². The van der Waals surface area contributed by atoms with E-state index in [9.17, 15) is 18.0 Å². The first-order valence-electron chi connectivity index (χ1n) is 5.71. The average molecular weight is 355 g/mol. The molecular formula is C12H14BrF3N2O2. The highest BCUT2D eigenvalue weighted by molar-refractivity contribution is 9.10. The fraction of sp³-hybridized carbons (Fsp3) is 0.417. The molecule has 112 valence electrons. The lowest BCUT2D eigenvalue weighted by Crippen LogP contribution is -2.36. The van der Waals surface area contributed by atoms with Crippen molar-refractivity contribution >= 4 is 21.8 Å². The third-order valence-corrected chi connectivity index (χ3v) is 2.84. The molecular weight excluding hydrogens is 341 g/mol. The molecule has 0 heterocycles. The van der Waals surface area contributed by atoms with Crippen LogP contribution in [0.5, 0.6) is 5.75 Å². The molecule has 1 rings (SSSR count). The number of amides is 1. The van der Waals surface area contributed by atoms with Crippen LogP contribution < -0.4 is 15.4 Å². The number of hydrogen-bond donors (Lipinski definition) is 2. The van der Waals surface area contributed by atoms with Crippen molar-refractivity contribution in [1.82, 2.24) is 10.6 Å². The molecule has 0 radical (unpaired) electrons. The highest BCUT2D eigenvalue weighted by Crippen LogP contribution is 2.25. The molecule has 0 aliphatic heterocycles. The number of halogens is 4. The van der Waals surface area contributed by atoms with Crippen LogP contribution in [-0.4, -0.2) is 32.3 Å². The zero-order chi connectivity index (χ0) is 15.2. The molecule has 1 aromatic rings. The van der Waals surface area contributed by atoms with Crippen LogP contribution in [0.3, 0.4) is 0 Å². The second kappa shape index (κ2) is 7.49. The zero-order valence-electron chi connectivity index (χ0n) is 10.7. The van der Waals surface area contributed by atoms with Crippen molar-refractivity contribution in [3.63, 3.8) is 0 Å². The summed E-state index contributed by atoms with van der Waals surface area (Å²) in [6, 6.07) is 5.25. The van der Waals surface area contributed by atoms with E-state index in [-0.39, 0.29) is 0 Å². The Morgan fingerprint density at radius 3 is 2.65 bits per heavy atom. The number of alkyl halides is 3. The van der Waals surface area contributed by atoms with Crippen LogP contribution in [0.1, 0.15) is 5.56 Å². The Kier molecular flexibility index (Phi) is 6.28. The minimum absolute atomic E-state index is 0.395. The summed E-state index contributed by atoms with van der Waals surface area (Å²) in [6.45, 7) is -1.16. The van der Waals surface area contributed by atoms with E-state index in [1.165, 1.54) is 0 Å². The number of carbonyl (C=O) groups is 1. The monoisotopic (exact) mass is 354 g/mol. The van der Waals surface area contributed by atoms with Crippen LogP contribution >= 0.6 is 15.9 Å². The van der Waals surface area contributed by atoms with Crippen LogP contribution in [0.25, 0.3) is 0 Å².